The van der Waals surface area contributed by atoms with Crippen LogP contribution in [0.1, 0.15) is 36.8 Å². The van der Waals surface area contributed by atoms with E-state index in [0.717, 1.165) is 23.5 Å². The number of ether oxygens (including phenoxy) is 3. The lowest BCUT2D eigenvalue weighted by Crippen LogP contribution is -2.40. The molecule has 0 N–H and O–H groups in total. The summed E-state index contributed by atoms with van der Waals surface area (Å²) in [4.78, 5) is 32.0. The van der Waals surface area contributed by atoms with Crippen LogP contribution in [-0.4, -0.2) is 31.4 Å². The van der Waals surface area contributed by atoms with Gasteiger partial charge in [0, 0.05) is 16.1 Å². The molecule has 43 heavy (non-hydrogen) atoms. The molecule has 0 bridgehead atoms. The standard InChI is InChI=1S/C30H24BrF3N2O6S/c1-5-41-28(38)25-15(2)35-29-36(26(25)19-13-22(39-3)23(40-4)14-20(19)31)27(37)24(43-29)12-18-9-10-21(42-18)16-7-6-8-17(11-16)30(32,33)34/h6-14,26H,5H2,1-4H3/b24-12-. The van der Waals surface area contributed by atoms with Gasteiger partial charge in [-0.15, -0.1) is 0 Å². The van der Waals surface area contributed by atoms with E-state index in [4.69, 9.17) is 18.6 Å². The van der Waals surface area contributed by atoms with Crippen molar-refractivity contribution in [2.24, 2.45) is 4.99 Å². The molecule has 4 aromatic rings. The number of allylic oxidation sites excluding steroid dienone is 1. The lowest BCUT2D eigenvalue weighted by molar-refractivity contribution is -0.139. The highest BCUT2D eigenvalue weighted by atomic mass is 79.9. The molecule has 0 fully saturated rings. The van der Waals surface area contributed by atoms with Gasteiger partial charge < -0.3 is 18.6 Å². The fourth-order valence-electron chi connectivity index (χ4n) is 4.73. The number of nitrogens with zero attached hydrogens (tertiary/aromatic N) is 2. The first-order chi connectivity index (χ1) is 20.5. The summed E-state index contributed by atoms with van der Waals surface area (Å²) in [6.07, 6.45) is -3.01. The lowest BCUT2D eigenvalue weighted by atomic mass is 9.95. The molecule has 2 aromatic carbocycles. The maximum atomic E-state index is 13.9. The van der Waals surface area contributed by atoms with Crippen LogP contribution in [0.4, 0.5) is 13.2 Å². The Hall–Kier alpha value is -4.10. The Morgan fingerprint density at radius 1 is 1.14 bits per heavy atom. The zero-order chi connectivity index (χ0) is 31.1. The van der Waals surface area contributed by atoms with Gasteiger partial charge in [-0.25, -0.2) is 9.79 Å². The van der Waals surface area contributed by atoms with Crippen LogP contribution < -0.4 is 24.4 Å². The number of thiazole rings is 1. The topological polar surface area (TPSA) is 92.3 Å². The second kappa shape index (κ2) is 11.9. The molecule has 2 aromatic heterocycles. The van der Waals surface area contributed by atoms with Crippen LogP contribution in [0.5, 0.6) is 11.5 Å². The van der Waals surface area contributed by atoms with Crippen molar-refractivity contribution < 1.29 is 36.6 Å². The van der Waals surface area contributed by atoms with Crippen molar-refractivity contribution in [3.63, 3.8) is 0 Å². The van der Waals surface area contributed by atoms with E-state index in [1.54, 1.807) is 32.0 Å². The summed E-state index contributed by atoms with van der Waals surface area (Å²) in [5.74, 6) is 0.666. The molecule has 1 aliphatic heterocycles. The Morgan fingerprint density at radius 3 is 2.53 bits per heavy atom. The van der Waals surface area contributed by atoms with Crippen LogP contribution in [0.15, 0.2) is 78.5 Å². The predicted octanol–water partition coefficient (Wildman–Crippen LogP) is 5.86. The average Bonchev–Trinajstić information content (AvgIpc) is 3.56. The number of esters is 1. The second-order valence-corrected chi connectivity index (χ2v) is 11.2. The number of rotatable bonds is 7. The molecule has 1 atom stereocenters. The third kappa shape index (κ3) is 5.78. The van der Waals surface area contributed by atoms with Crippen molar-refractivity contribution in [2.75, 3.05) is 20.8 Å². The number of halogens is 4. The highest BCUT2D eigenvalue weighted by Crippen LogP contribution is 2.41. The van der Waals surface area contributed by atoms with Crippen molar-refractivity contribution >= 4 is 39.3 Å². The van der Waals surface area contributed by atoms with Gasteiger partial charge in [0.25, 0.3) is 5.56 Å². The first-order valence-corrected chi connectivity index (χ1v) is 14.5. The Bertz CT molecular complexity index is 1940. The smallest absolute Gasteiger partial charge is 0.416 e. The maximum absolute atomic E-state index is 13.9. The van der Waals surface area contributed by atoms with Crippen molar-refractivity contribution in [3.05, 3.63) is 101 Å². The molecule has 13 heteroatoms. The Morgan fingerprint density at radius 2 is 1.86 bits per heavy atom. The van der Waals surface area contributed by atoms with Crippen LogP contribution in [-0.2, 0) is 15.7 Å². The number of benzene rings is 2. The third-order valence-electron chi connectivity index (χ3n) is 6.69. The molecule has 1 unspecified atom stereocenters. The fraction of sp³-hybridized carbons (Fsp3) is 0.233. The highest BCUT2D eigenvalue weighted by Gasteiger charge is 2.35. The van der Waals surface area contributed by atoms with Gasteiger partial charge in [-0.1, -0.05) is 39.4 Å². The SMILES string of the molecule is CCOC(=O)C1=C(C)N=c2s/c(=C\c3ccc(-c4cccc(C(F)(F)F)c4)o3)c(=O)n2C1c1cc(OC)c(OC)cc1Br. The summed E-state index contributed by atoms with van der Waals surface area (Å²) in [6, 6.07) is 10.3. The van der Waals surface area contributed by atoms with E-state index in [9.17, 15) is 22.8 Å². The highest BCUT2D eigenvalue weighted by molar-refractivity contribution is 9.10. The minimum Gasteiger partial charge on any atom is -0.493 e. The Labute approximate surface area is 255 Å². The monoisotopic (exact) mass is 676 g/mol. The van der Waals surface area contributed by atoms with Gasteiger partial charge in [0.2, 0.25) is 0 Å². The summed E-state index contributed by atoms with van der Waals surface area (Å²) in [7, 11) is 2.97. The van der Waals surface area contributed by atoms with Gasteiger partial charge in [0.1, 0.15) is 11.5 Å². The Kier molecular flexibility index (Phi) is 8.39. The molecular weight excluding hydrogens is 653 g/mol. The number of alkyl halides is 3. The van der Waals surface area contributed by atoms with Crippen LogP contribution in [0.25, 0.3) is 17.4 Å². The number of furan rings is 1. The van der Waals surface area contributed by atoms with E-state index >= 15 is 0 Å². The van der Waals surface area contributed by atoms with E-state index in [1.165, 1.54) is 43.1 Å². The van der Waals surface area contributed by atoms with Gasteiger partial charge in [0.05, 0.1) is 48.2 Å². The number of carbonyl (C=O) groups is 1. The van der Waals surface area contributed by atoms with Crippen molar-refractivity contribution in [2.45, 2.75) is 26.1 Å². The summed E-state index contributed by atoms with van der Waals surface area (Å²) < 4.78 is 63.9. The fourth-order valence-corrected chi connectivity index (χ4v) is 6.29. The lowest BCUT2D eigenvalue weighted by Gasteiger charge is -2.26. The van der Waals surface area contributed by atoms with Gasteiger partial charge >= 0.3 is 12.1 Å². The average molecular weight is 677 g/mol. The van der Waals surface area contributed by atoms with Gasteiger partial charge in [-0.05, 0) is 55.8 Å². The number of carbonyl (C=O) groups excluding carboxylic acids is 1. The molecule has 1 aliphatic rings. The summed E-state index contributed by atoms with van der Waals surface area (Å²) >= 11 is 4.64. The minimum absolute atomic E-state index is 0.118. The van der Waals surface area contributed by atoms with Crippen LogP contribution in [0, 0.1) is 0 Å². The second-order valence-electron chi connectivity index (χ2n) is 9.31. The third-order valence-corrected chi connectivity index (χ3v) is 8.36. The normalized spacial score (nSPS) is 15.3. The minimum atomic E-state index is -4.50. The van der Waals surface area contributed by atoms with Crippen molar-refractivity contribution in [1.82, 2.24) is 4.57 Å². The van der Waals surface area contributed by atoms with Gasteiger partial charge in [-0.2, -0.15) is 13.2 Å². The zero-order valence-electron chi connectivity index (χ0n) is 23.2. The molecular formula is C30H24BrF3N2O6S. The first-order valence-electron chi connectivity index (χ1n) is 12.8. The molecule has 0 amide bonds. The summed E-state index contributed by atoms with van der Waals surface area (Å²) in [5.41, 5.74) is 0.0739. The van der Waals surface area contributed by atoms with E-state index in [2.05, 4.69) is 20.9 Å². The largest absolute Gasteiger partial charge is 0.493 e. The van der Waals surface area contributed by atoms with E-state index in [1.807, 2.05) is 0 Å². The zero-order valence-corrected chi connectivity index (χ0v) is 25.6. The molecule has 0 saturated carbocycles. The van der Waals surface area contributed by atoms with Crippen LogP contribution >= 0.6 is 27.3 Å². The number of hydrogen-bond donors (Lipinski definition) is 0. The van der Waals surface area contributed by atoms with Crippen molar-refractivity contribution in [3.8, 4) is 22.8 Å². The molecule has 5 rings (SSSR count). The molecule has 0 aliphatic carbocycles. The molecule has 3 heterocycles. The summed E-state index contributed by atoms with van der Waals surface area (Å²) in [5, 5.41) is 0. The van der Waals surface area contributed by atoms with Crippen LogP contribution in [0.2, 0.25) is 0 Å². The predicted molar refractivity (Wildman–Crippen MR) is 157 cm³/mol. The molecule has 0 spiro atoms. The molecule has 0 saturated heterocycles. The van der Waals surface area contributed by atoms with Gasteiger partial charge in [0.15, 0.2) is 16.3 Å². The van der Waals surface area contributed by atoms with Crippen LogP contribution in [0.3, 0.4) is 0 Å². The van der Waals surface area contributed by atoms with E-state index in [-0.39, 0.29) is 33.8 Å². The summed E-state index contributed by atoms with van der Waals surface area (Å²) in [6.45, 7) is 3.47. The first kappa shape index (κ1) is 30.4. The number of aromatic nitrogens is 1. The molecule has 224 valence electrons. The van der Waals surface area contributed by atoms with Gasteiger partial charge in [-0.3, -0.25) is 9.36 Å². The number of methoxy groups -OCH3 is 2. The van der Waals surface area contributed by atoms with E-state index < -0.39 is 29.3 Å². The Balaban J connectivity index is 1.65. The number of hydrogen-bond acceptors (Lipinski definition) is 8. The van der Waals surface area contributed by atoms with Crippen molar-refractivity contribution in [1.29, 1.82) is 0 Å². The molecule has 8 nitrogen and oxygen atoms in total. The van der Waals surface area contributed by atoms with E-state index in [0.29, 0.717) is 32.0 Å². The quantitative estimate of drug-likeness (QED) is 0.228. The maximum Gasteiger partial charge on any atom is 0.416 e. The number of fused-ring (bicyclic) bond motifs is 1. The molecule has 0 radical (unpaired) electrons.